The number of rotatable bonds is 7. The van der Waals surface area contributed by atoms with Crippen LogP contribution in [0.5, 0.6) is 0 Å². The van der Waals surface area contributed by atoms with Gasteiger partial charge in [0.25, 0.3) is 0 Å². The number of nitrogens with two attached hydrogens (primary N) is 1. The lowest BCUT2D eigenvalue weighted by Gasteiger charge is -2.09. The second kappa shape index (κ2) is 9.11. The summed E-state index contributed by atoms with van der Waals surface area (Å²) in [4.78, 5) is 0.288. The Labute approximate surface area is 131 Å². The predicted octanol–water partition coefficient (Wildman–Crippen LogP) is 1.73. The lowest BCUT2D eigenvalue weighted by molar-refractivity contribution is 0.578. The molecule has 0 radical (unpaired) electrons. The molecule has 21 heavy (non-hydrogen) atoms. The lowest BCUT2D eigenvalue weighted by atomic mass is 10.1. The van der Waals surface area contributed by atoms with Crippen molar-refractivity contribution in [3.8, 4) is 11.8 Å². The van der Waals surface area contributed by atoms with Crippen LogP contribution in [-0.2, 0) is 10.0 Å². The van der Waals surface area contributed by atoms with Gasteiger partial charge >= 0.3 is 0 Å². The molecule has 0 spiro atoms. The van der Waals surface area contributed by atoms with Gasteiger partial charge in [-0.05, 0) is 49.5 Å². The van der Waals surface area contributed by atoms with E-state index in [0.717, 1.165) is 18.6 Å². The summed E-state index contributed by atoms with van der Waals surface area (Å²) in [6, 6.07) is 5.17. The van der Waals surface area contributed by atoms with Crippen LogP contribution in [0.25, 0.3) is 0 Å². The minimum absolute atomic E-state index is 0.254. The topological polar surface area (TPSA) is 72.2 Å². The first-order valence-electron chi connectivity index (χ1n) is 6.79. The first-order valence-corrected chi connectivity index (χ1v) is 9.67. The van der Waals surface area contributed by atoms with Crippen molar-refractivity contribution in [3.05, 3.63) is 29.3 Å². The zero-order valence-electron chi connectivity index (χ0n) is 12.5. The molecule has 0 aliphatic rings. The molecule has 1 aromatic rings. The zero-order valence-corrected chi connectivity index (χ0v) is 14.1. The van der Waals surface area contributed by atoms with Gasteiger partial charge in [-0.15, -0.1) is 0 Å². The maximum absolute atomic E-state index is 12.3. The fourth-order valence-corrected chi connectivity index (χ4v) is 3.61. The van der Waals surface area contributed by atoms with Gasteiger partial charge in [0.2, 0.25) is 10.0 Å². The van der Waals surface area contributed by atoms with E-state index >= 15 is 0 Å². The molecule has 0 aromatic heterocycles. The molecular formula is C15H22N2O2S2. The molecule has 0 fully saturated rings. The Bertz CT molecular complexity index is 616. The molecule has 4 nitrogen and oxygen atoms in total. The Morgan fingerprint density at radius 3 is 2.76 bits per heavy atom. The summed E-state index contributed by atoms with van der Waals surface area (Å²) in [6.07, 6.45) is 3.89. The molecule has 0 heterocycles. The van der Waals surface area contributed by atoms with Crippen LogP contribution in [0.15, 0.2) is 23.1 Å². The molecule has 0 amide bonds. The van der Waals surface area contributed by atoms with E-state index in [4.69, 9.17) is 5.73 Å². The summed E-state index contributed by atoms with van der Waals surface area (Å²) in [5, 5.41) is 0. The van der Waals surface area contributed by atoms with Crippen molar-refractivity contribution in [2.45, 2.75) is 24.7 Å². The predicted molar refractivity (Wildman–Crippen MR) is 89.9 cm³/mol. The van der Waals surface area contributed by atoms with E-state index in [1.807, 2.05) is 6.26 Å². The number of sulfonamides is 1. The number of unbranched alkanes of at least 4 members (excludes halogenated alkanes) is 1. The zero-order chi connectivity index (χ0) is 15.7. The summed E-state index contributed by atoms with van der Waals surface area (Å²) < 4.78 is 27.3. The molecule has 1 rings (SSSR count). The van der Waals surface area contributed by atoms with Gasteiger partial charge in [-0.3, -0.25) is 0 Å². The standard InChI is InChI=1S/C15H22N2O2S2/c1-13-7-8-14(6-5-9-16)12-15(13)21(18,19)17-10-3-4-11-20-2/h7-8,12,17H,3-4,9-11,16H2,1-2H3. The highest BCUT2D eigenvalue weighted by atomic mass is 32.2. The van der Waals surface area contributed by atoms with Gasteiger partial charge < -0.3 is 5.73 Å². The maximum Gasteiger partial charge on any atom is 0.240 e. The van der Waals surface area contributed by atoms with Crippen molar-refractivity contribution in [3.63, 3.8) is 0 Å². The van der Waals surface area contributed by atoms with Gasteiger partial charge in [0.15, 0.2) is 0 Å². The Kier molecular flexibility index (Phi) is 7.83. The summed E-state index contributed by atoms with van der Waals surface area (Å²) >= 11 is 1.77. The van der Waals surface area contributed by atoms with Crippen molar-refractivity contribution in [1.29, 1.82) is 0 Å². The number of hydrogen-bond acceptors (Lipinski definition) is 4. The van der Waals surface area contributed by atoms with Gasteiger partial charge in [-0.2, -0.15) is 11.8 Å². The van der Waals surface area contributed by atoms with Gasteiger partial charge in [0.05, 0.1) is 11.4 Å². The Balaban J connectivity index is 2.82. The number of benzene rings is 1. The monoisotopic (exact) mass is 326 g/mol. The molecular weight excluding hydrogens is 304 g/mol. The van der Waals surface area contributed by atoms with Gasteiger partial charge in [-0.1, -0.05) is 17.9 Å². The van der Waals surface area contributed by atoms with Gasteiger partial charge in [0, 0.05) is 12.1 Å². The minimum Gasteiger partial charge on any atom is -0.320 e. The third-order valence-electron chi connectivity index (χ3n) is 2.88. The van der Waals surface area contributed by atoms with Crippen LogP contribution in [-0.4, -0.2) is 33.5 Å². The normalized spacial score (nSPS) is 11.0. The number of hydrogen-bond donors (Lipinski definition) is 2. The van der Waals surface area contributed by atoms with E-state index in [-0.39, 0.29) is 11.4 Å². The summed E-state index contributed by atoms with van der Waals surface area (Å²) in [5.41, 5.74) is 6.70. The summed E-state index contributed by atoms with van der Waals surface area (Å²) in [5.74, 6) is 6.63. The smallest absolute Gasteiger partial charge is 0.240 e. The van der Waals surface area contributed by atoms with Crippen LogP contribution in [0.3, 0.4) is 0 Å². The lowest BCUT2D eigenvalue weighted by Crippen LogP contribution is -2.25. The largest absolute Gasteiger partial charge is 0.320 e. The van der Waals surface area contributed by atoms with Crippen LogP contribution in [0.2, 0.25) is 0 Å². The first kappa shape index (κ1) is 18.1. The molecule has 0 saturated carbocycles. The Hall–Kier alpha value is -1.00. The van der Waals surface area contributed by atoms with Gasteiger partial charge in [0.1, 0.15) is 0 Å². The van der Waals surface area contributed by atoms with Crippen LogP contribution >= 0.6 is 11.8 Å². The maximum atomic E-state index is 12.3. The SMILES string of the molecule is CSCCCCNS(=O)(=O)c1cc(C#CCN)ccc1C. The molecule has 0 atom stereocenters. The Morgan fingerprint density at radius 2 is 2.10 bits per heavy atom. The number of thioether (sulfide) groups is 1. The van der Waals surface area contributed by atoms with Crippen LogP contribution in [0, 0.1) is 18.8 Å². The van der Waals surface area contributed by atoms with E-state index < -0.39 is 10.0 Å². The minimum atomic E-state index is -3.48. The van der Waals surface area contributed by atoms with Crippen LogP contribution in [0.1, 0.15) is 24.0 Å². The van der Waals surface area contributed by atoms with E-state index in [1.54, 1.807) is 36.9 Å². The molecule has 116 valence electrons. The second-order valence-corrected chi connectivity index (χ2v) is 7.30. The highest BCUT2D eigenvalue weighted by Gasteiger charge is 2.16. The highest BCUT2D eigenvalue weighted by Crippen LogP contribution is 2.16. The van der Waals surface area contributed by atoms with E-state index in [9.17, 15) is 8.42 Å². The number of nitrogens with one attached hydrogen (secondary N) is 1. The molecule has 3 N–H and O–H groups in total. The van der Waals surface area contributed by atoms with E-state index in [1.165, 1.54) is 0 Å². The van der Waals surface area contributed by atoms with Crippen molar-refractivity contribution >= 4 is 21.8 Å². The number of aryl methyl sites for hydroxylation is 1. The average Bonchev–Trinajstić information content (AvgIpc) is 2.46. The third-order valence-corrected chi connectivity index (χ3v) is 5.18. The fraction of sp³-hybridized carbons (Fsp3) is 0.467. The molecule has 1 aromatic carbocycles. The van der Waals surface area contributed by atoms with E-state index in [0.29, 0.717) is 17.7 Å². The molecule has 0 aliphatic heterocycles. The molecule has 0 unspecified atom stereocenters. The Morgan fingerprint density at radius 1 is 1.33 bits per heavy atom. The van der Waals surface area contributed by atoms with Crippen LogP contribution in [0.4, 0.5) is 0 Å². The van der Waals surface area contributed by atoms with Crippen LogP contribution < -0.4 is 10.5 Å². The van der Waals surface area contributed by atoms with Crippen molar-refractivity contribution < 1.29 is 8.42 Å². The van der Waals surface area contributed by atoms with Crippen molar-refractivity contribution in [1.82, 2.24) is 4.72 Å². The fourth-order valence-electron chi connectivity index (χ4n) is 1.78. The van der Waals surface area contributed by atoms with Gasteiger partial charge in [-0.25, -0.2) is 13.1 Å². The molecule has 6 heteroatoms. The average molecular weight is 326 g/mol. The quantitative estimate of drug-likeness (QED) is 0.591. The van der Waals surface area contributed by atoms with Crippen molar-refractivity contribution in [2.75, 3.05) is 25.1 Å². The second-order valence-electron chi connectivity index (χ2n) is 4.58. The molecule has 0 saturated heterocycles. The molecule has 0 bridgehead atoms. The first-order chi connectivity index (χ1) is 10.0. The third kappa shape index (κ3) is 6.10. The van der Waals surface area contributed by atoms with Crippen molar-refractivity contribution in [2.24, 2.45) is 5.73 Å². The summed E-state index contributed by atoms with van der Waals surface area (Å²) in [6.45, 7) is 2.49. The van der Waals surface area contributed by atoms with E-state index in [2.05, 4.69) is 16.6 Å². The summed E-state index contributed by atoms with van der Waals surface area (Å²) in [7, 11) is -3.48. The highest BCUT2D eigenvalue weighted by molar-refractivity contribution is 7.98. The molecule has 0 aliphatic carbocycles.